The van der Waals surface area contributed by atoms with Crippen LogP contribution in [0.15, 0.2) is 17.8 Å². The Kier molecular flexibility index (Phi) is 3.70. The lowest BCUT2D eigenvalue weighted by Gasteiger charge is -2.14. The Balaban J connectivity index is 1.42. The fraction of sp³-hybridized carbons (Fsp3) is 0.562. The Bertz CT molecular complexity index is 640. The Morgan fingerprint density at radius 3 is 3.14 bits per heavy atom. The first-order valence-corrected chi connectivity index (χ1v) is 8.91. The van der Waals surface area contributed by atoms with Crippen LogP contribution < -0.4 is 0 Å². The van der Waals surface area contributed by atoms with Crippen LogP contribution in [0.25, 0.3) is 0 Å². The molecule has 0 spiro atoms. The van der Waals surface area contributed by atoms with Crippen molar-refractivity contribution in [3.63, 3.8) is 0 Å². The fourth-order valence-electron chi connectivity index (χ4n) is 3.46. The van der Waals surface area contributed by atoms with Crippen LogP contribution in [0.2, 0.25) is 0 Å². The van der Waals surface area contributed by atoms with Crippen LogP contribution in [-0.2, 0) is 19.4 Å². The molecular weight excluding hydrogens is 296 g/mol. The van der Waals surface area contributed by atoms with Crippen molar-refractivity contribution < 1.29 is 4.79 Å². The lowest BCUT2D eigenvalue weighted by molar-refractivity contribution is 0.0781. The topological polar surface area (TPSA) is 51.0 Å². The van der Waals surface area contributed by atoms with E-state index in [1.807, 2.05) is 22.7 Å². The van der Waals surface area contributed by atoms with Gasteiger partial charge in [-0.2, -0.15) is 0 Å². The summed E-state index contributed by atoms with van der Waals surface area (Å²) in [5, 5.41) is 3.19. The van der Waals surface area contributed by atoms with Crippen molar-refractivity contribution in [3.05, 3.63) is 34.3 Å². The highest BCUT2D eigenvalue weighted by Crippen LogP contribution is 2.24. The number of hydrogen-bond donors (Lipinski definition) is 0. The highest BCUT2D eigenvalue weighted by atomic mass is 32.1. The van der Waals surface area contributed by atoms with Gasteiger partial charge in [0.15, 0.2) is 0 Å². The summed E-state index contributed by atoms with van der Waals surface area (Å²) in [5.74, 6) is 1.71. The first-order valence-electron chi connectivity index (χ1n) is 8.03. The molecular formula is C16H20N4OS. The number of aryl methyl sites for hydroxylation is 2. The molecule has 2 aliphatic heterocycles. The largest absolute Gasteiger partial charge is 0.337 e. The van der Waals surface area contributed by atoms with E-state index in [-0.39, 0.29) is 5.91 Å². The van der Waals surface area contributed by atoms with Crippen LogP contribution in [-0.4, -0.2) is 38.4 Å². The molecule has 1 amide bonds. The molecule has 0 bridgehead atoms. The minimum absolute atomic E-state index is 0.100. The number of likely N-dealkylation sites (tertiary alicyclic amines) is 1. The van der Waals surface area contributed by atoms with Crippen LogP contribution in [0.4, 0.5) is 0 Å². The van der Waals surface area contributed by atoms with E-state index in [1.165, 1.54) is 17.8 Å². The molecule has 1 atom stereocenters. The monoisotopic (exact) mass is 316 g/mol. The standard InChI is InChI=1S/C16H20N4OS/c21-16(13-11-19-6-2-1-3-14(19)18-13)20-7-4-12(10-20)9-15-17-5-8-22-15/h5,8,11-12H,1-4,6-7,9-10H2/t12-/m1/s1. The number of carbonyl (C=O) groups is 1. The van der Waals surface area contributed by atoms with Gasteiger partial charge in [0, 0.05) is 50.2 Å². The van der Waals surface area contributed by atoms with E-state index < -0.39 is 0 Å². The lowest BCUT2D eigenvalue weighted by Crippen LogP contribution is -2.29. The number of rotatable bonds is 3. The number of thiazole rings is 1. The van der Waals surface area contributed by atoms with Gasteiger partial charge >= 0.3 is 0 Å². The van der Waals surface area contributed by atoms with Gasteiger partial charge < -0.3 is 9.47 Å². The lowest BCUT2D eigenvalue weighted by atomic mass is 10.1. The van der Waals surface area contributed by atoms with E-state index in [1.54, 1.807) is 11.3 Å². The average Bonchev–Trinajstić information content (AvgIpc) is 3.27. The van der Waals surface area contributed by atoms with Crippen molar-refractivity contribution in [1.82, 2.24) is 19.4 Å². The van der Waals surface area contributed by atoms with Crippen molar-refractivity contribution >= 4 is 17.2 Å². The molecule has 1 fully saturated rings. The molecule has 0 aliphatic carbocycles. The summed E-state index contributed by atoms with van der Waals surface area (Å²) < 4.78 is 2.15. The summed E-state index contributed by atoms with van der Waals surface area (Å²) in [6, 6.07) is 0. The van der Waals surface area contributed by atoms with Gasteiger partial charge in [-0.3, -0.25) is 4.79 Å². The predicted octanol–water partition coefficient (Wildman–Crippen LogP) is 2.38. The van der Waals surface area contributed by atoms with Gasteiger partial charge in [-0.1, -0.05) is 0 Å². The second kappa shape index (κ2) is 5.83. The van der Waals surface area contributed by atoms with Gasteiger partial charge in [0.2, 0.25) is 0 Å². The highest BCUT2D eigenvalue weighted by molar-refractivity contribution is 7.09. The molecule has 22 heavy (non-hydrogen) atoms. The summed E-state index contributed by atoms with van der Waals surface area (Å²) in [6.45, 7) is 2.68. The maximum atomic E-state index is 12.6. The Morgan fingerprint density at radius 1 is 1.36 bits per heavy atom. The average molecular weight is 316 g/mol. The number of nitrogens with zero attached hydrogens (tertiary/aromatic N) is 4. The van der Waals surface area contributed by atoms with Crippen LogP contribution in [0.5, 0.6) is 0 Å². The Hall–Kier alpha value is -1.69. The maximum absolute atomic E-state index is 12.6. The zero-order chi connectivity index (χ0) is 14.9. The van der Waals surface area contributed by atoms with Crippen molar-refractivity contribution in [2.45, 2.75) is 38.6 Å². The van der Waals surface area contributed by atoms with Crippen LogP contribution in [0, 0.1) is 5.92 Å². The molecule has 0 N–H and O–H groups in total. The molecule has 6 heteroatoms. The molecule has 116 valence electrons. The van der Waals surface area contributed by atoms with Crippen molar-refractivity contribution in [2.24, 2.45) is 5.92 Å². The molecule has 0 unspecified atom stereocenters. The van der Waals surface area contributed by atoms with Crippen molar-refractivity contribution in [1.29, 1.82) is 0 Å². The molecule has 2 aliphatic rings. The van der Waals surface area contributed by atoms with Crippen LogP contribution >= 0.6 is 11.3 Å². The zero-order valence-corrected chi connectivity index (χ0v) is 13.4. The SMILES string of the molecule is O=C(c1cn2c(n1)CCCC2)N1CC[C@H](Cc2nccs2)C1. The number of carbonyl (C=O) groups excluding carboxylic acids is 1. The second-order valence-corrected chi connectivity index (χ2v) is 7.21. The van der Waals surface area contributed by atoms with E-state index >= 15 is 0 Å². The zero-order valence-electron chi connectivity index (χ0n) is 12.6. The Labute approximate surface area is 134 Å². The number of hydrogen-bond acceptors (Lipinski definition) is 4. The smallest absolute Gasteiger partial charge is 0.274 e. The van der Waals surface area contributed by atoms with E-state index in [9.17, 15) is 4.79 Å². The van der Waals surface area contributed by atoms with Gasteiger partial charge in [0.05, 0.1) is 5.01 Å². The van der Waals surface area contributed by atoms with Crippen LogP contribution in [0.1, 0.15) is 40.6 Å². The maximum Gasteiger partial charge on any atom is 0.274 e. The molecule has 5 nitrogen and oxygen atoms in total. The summed E-state index contributed by atoms with van der Waals surface area (Å²) in [6.07, 6.45) is 9.24. The van der Waals surface area contributed by atoms with Gasteiger partial charge in [-0.05, 0) is 25.2 Å². The first-order chi connectivity index (χ1) is 10.8. The van der Waals surface area contributed by atoms with E-state index in [0.717, 1.165) is 44.7 Å². The molecule has 4 rings (SSSR count). The number of fused-ring (bicyclic) bond motifs is 1. The minimum Gasteiger partial charge on any atom is -0.337 e. The van der Waals surface area contributed by atoms with Crippen molar-refractivity contribution in [3.8, 4) is 0 Å². The fourth-order valence-corrected chi connectivity index (χ4v) is 4.19. The number of imidazole rings is 1. The summed E-state index contributed by atoms with van der Waals surface area (Å²) in [7, 11) is 0. The minimum atomic E-state index is 0.100. The van der Waals surface area contributed by atoms with E-state index in [0.29, 0.717) is 11.6 Å². The van der Waals surface area contributed by atoms with Crippen molar-refractivity contribution in [2.75, 3.05) is 13.1 Å². The quantitative estimate of drug-likeness (QED) is 0.873. The molecule has 0 aromatic carbocycles. The van der Waals surface area contributed by atoms with Crippen LogP contribution in [0.3, 0.4) is 0 Å². The number of aromatic nitrogens is 3. The first kappa shape index (κ1) is 13.9. The third kappa shape index (κ3) is 2.67. The normalized spacial score (nSPS) is 21.1. The van der Waals surface area contributed by atoms with Gasteiger partial charge in [0.25, 0.3) is 5.91 Å². The molecule has 1 saturated heterocycles. The van der Waals surface area contributed by atoms with E-state index in [4.69, 9.17) is 0 Å². The van der Waals surface area contributed by atoms with Gasteiger partial charge in [0.1, 0.15) is 11.5 Å². The predicted molar refractivity (Wildman–Crippen MR) is 85.0 cm³/mol. The molecule has 0 saturated carbocycles. The van der Waals surface area contributed by atoms with E-state index in [2.05, 4.69) is 14.5 Å². The molecule has 0 radical (unpaired) electrons. The van der Waals surface area contributed by atoms with Gasteiger partial charge in [-0.25, -0.2) is 9.97 Å². The number of amides is 1. The highest BCUT2D eigenvalue weighted by Gasteiger charge is 2.29. The molecule has 2 aromatic rings. The summed E-state index contributed by atoms with van der Waals surface area (Å²) in [4.78, 5) is 23.5. The van der Waals surface area contributed by atoms with Gasteiger partial charge in [-0.15, -0.1) is 11.3 Å². The molecule has 2 aromatic heterocycles. The summed E-state index contributed by atoms with van der Waals surface area (Å²) in [5.41, 5.74) is 0.631. The second-order valence-electron chi connectivity index (χ2n) is 6.23. The third-order valence-electron chi connectivity index (χ3n) is 4.65. The third-order valence-corrected chi connectivity index (χ3v) is 5.45. The molecule has 4 heterocycles. The summed E-state index contributed by atoms with van der Waals surface area (Å²) >= 11 is 1.70. The Morgan fingerprint density at radius 2 is 2.32 bits per heavy atom.